The molecule has 0 unspecified atom stereocenters. The summed E-state index contributed by atoms with van der Waals surface area (Å²) in [4.78, 5) is 17.6. The predicted molar refractivity (Wildman–Crippen MR) is 107 cm³/mol. The zero-order valence-electron chi connectivity index (χ0n) is 15.0. The number of benzene rings is 3. The summed E-state index contributed by atoms with van der Waals surface area (Å²) in [5.74, 6) is -0.950. The first-order valence-corrected chi connectivity index (χ1v) is 9.22. The van der Waals surface area contributed by atoms with E-state index < -0.39 is 23.3 Å². The minimum atomic E-state index is -1.24. The molecule has 3 aromatic carbocycles. The molecule has 0 radical (unpaired) electrons. The van der Waals surface area contributed by atoms with E-state index in [1.54, 1.807) is 30.3 Å². The number of aliphatic hydroxyl groups excluding tert-OH is 1. The summed E-state index contributed by atoms with van der Waals surface area (Å²) >= 11 is 6.28. The average Bonchev–Trinajstić information content (AvgIpc) is 2.70. The Hall–Kier alpha value is -3.09. The highest BCUT2D eigenvalue weighted by Gasteiger charge is 2.20. The lowest BCUT2D eigenvalue weighted by Gasteiger charge is -2.18. The second-order valence-corrected chi connectivity index (χ2v) is 6.93. The maximum atomic E-state index is 14.1. The van der Waals surface area contributed by atoms with Gasteiger partial charge in [-0.1, -0.05) is 41.9 Å². The molecule has 146 valence electrons. The molecule has 0 saturated carbocycles. The van der Waals surface area contributed by atoms with E-state index in [9.17, 15) is 18.7 Å². The molecule has 4 aromatic rings. The molecule has 29 heavy (non-hydrogen) atoms. The third-order valence-corrected chi connectivity index (χ3v) is 4.95. The summed E-state index contributed by atoms with van der Waals surface area (Å²) in [6.07, 6.45) is -1.39. The molecule has 0 bridgehead atoms. The Kier molecular flexibility index (Phi) is 5.13. The Bertz CT molecular complexity index is 1270. The summed E-state index contributed by atoms with van der Waals surface area (Å²) in [5.41, 5.74) is 0.175. The fraction of sp³-hybridized carbons (Fsp3) is 0.0909. The molecule has 0 aliphatic heterocycles. The molecular weight excluding hydrogens is 398 g/mol. The van der Waals surface area contributed by atoms with Gasteiger partial charge in [0, 0.05) is 12.0 Å². The maximum absolute atomic E-state index is 14.1. The average molecular weight is 413 g/mol. The van der Waals surface area contributed by atoms with Gasteiger partial charge in [0.05, 0.1) is 27.7 Å². The molecule has 7 heteroatoms. The Labute approximate surface area is 169 Å². The van der Waals surface area contributed by atoms with Gasteiger partial charge in [0.25, 0.3) is 5.56 Å². The normalized spacial score (nSPS) is 12.3. The van der Waals surface area contributed by atoms with E-state index in [1.165, 1.54) is 34.9 Å². The van der Waals surface area contributed by atoms with Gasteiger partial charge in [-0.25, -0.2) is 13.8 Å². The summed E-state index contributed by atoms with van der Waals surface area (Å²) in [7, 11) is 0. The monoisotopic (exact) mass is 412 g/mol. The second kappa shape index (κ2) is 7.73. The highest BCUT2D eigenvalue weighted by molar-refractivity contribution is 6.32. The molecule has 1 aromatic heterocycles. The van der Waals surface area contributed by atoms with E-state index in [4.69, 9.17) is 11.6 Å². The number of nitrogens with zero attached hydrogens (tertiary/aromatic N) is 2. The number of hydrogen-bond donors (Lipinski definition) is 1. The van der Waals surface area contributed by atoms with Crippen LogP contribution < -0.4 is 5.56 Å². The van der Waals surface area contributed by atoms with Crippen LogP contribution in [-0.4, -0.2) is 14.7 Å². The number of hydrogen-bond acceptors (Lipinski definition) is 3. The summed E-state index contributed by atoms with van der Waals surface area (Å²) in [6, 6.07) is 16.2. The molecule has 4 rings (SSSR count). The Morgan fingerprint density at radius 3 is 2.52 bits per heavy atom. The number of halogens is 3. The fourth-order valence-corrected chi connectivity index (χ4v) is 3.47. The van der Waals surface area contributed by atoms with E-state index in [2.05, 4.69) is 4.98 Å². The van der Waals surface area contributed by atoms with Crippen molar-refractivity contribution >= 4 is 22.5 Å². The van der Waals surface area contributed by atoms with Crippen LogP contribution in [0.5, 0.6) is 0 Å². The van der Waals surface area contributed by atoms with Gasteiger partial charge in [-0.15, -0.1) is 0 Å². The first-order valence-electron chi connectivity index (χ1n) is 8.84. The molecule has 1 atom stereocenters. The maximum Gasteiger partial charge on any atom is 0.266 e. The number of para-hydroxylation sites is 1. The molecule has 4 nitrogen and oxygen atoms in total. The first-order chi connectivity index (χ1) is 14.0. The lowest BCUT2D eigenvalue weighted by molar-refractivity contribution is 0.170. The highest BCUT2D eigenvalue weighted by atomic mass is 35.5. The van der Waals surface area contributed by atoms with Crippen molar-refractivity contribution in [3.05, 3.63) is 105 Å². The Balaban J connectivity index is 1.94. The molecule has 0 saturated heterocycles. The fourth-order valence-electron chi connectivity index (χ4n) is 3.25. The standard InChI is InChI=1S/C22H15ClF2N2O2/c23-16-6-2-4-8-19(16)27-21(12-20(28)14-5-1-3-7-17(14)25)26-18-10-9-13(24)11-15(18)22(27)29/h1-11,20,28H,12H2/t20-/m0/s1. The van der Waals surface area contributed by atoms with E-state index in [-0.39, 0.29) is 33.7 Å². The number of fused-ring (bicyclic) bond motifs is 1. The van der Waals surface area contributed by atoms with Crippen molar-refractivity contribution in [3.8, 4) is 5.69 Å². The number of rotatable bonds is 4. The van der Waals surface area contributed by atoms with Crippen LogP contribution in [0.25, 0.3) is 16.6 Å². The molecular formula is C22H15ClF2N2O2. The minimum Gasteiger partial charge on any atom is -0.388 e. The first kappa shape index (κ1) is 19.2. The Morgan fingerprint density at radius 2 is 1.76 bits per heavy atom. The smallest absolute Gasteiger partial charge is 0.266 e. The van der Waals surface area contributed by atoms with Gasteiger partial charge in [0.15, 0.2) is 0 Å². The minimum absolute atomic E-state index is 0.0778. The van der Waals surface area contributed by atoms with E-state index in [1.807, 2.05) is 0 Å². The molecule has 0 fully saturated rings. The SMILES string of the molecule is O=c1c2cc(F)ccc2nc(C[C@H](O)c2ccccc2F)n1-c1ccccc1Cl. The summed E-state index contributed by atoms with van der Waals surface area (Å²) in [5, 5.41) is 11.0. The quantitative estimate of drug-likeness (QED) is 0.533. The van der Waals surface area contributed by atoms with Gasteiger partial charge >= 0.3 is 0 Å². The van der Waals surface area contributed by atoms with Crippen LogP contribution in [0.1, 0.15) is 17.5 Å². The van der Waals surface area contributed by atoms with Crippen LogP contribution in [0.4, 0.5) is 8.78 Å². The predicted octanol–water partition coefficient (Wildman–Crippen LogP) is 4.59. The molecule has 1 heterocycles. The summed E-state index contributed by atoms with van der Waals surface area (Å²) in [6.45, 7) is 0. The van der Waals surface area contributed by atoms with Crippen LogP contribution in [0.15, 0.2) is 71.5 Å². The third kappa shape index (κ3) is 3.64. The van der Waals surface area contributed by atoms with Crippen molar-refractivity contribution in [3.63, 3.8) is 0 Å². The van der Waals surface area contributed by atoms with Crippen LogP contribution in [0.3, 0.4) is 0 Å². The molecule has 0 aliphatic carbocycles. The van der Waals surface area contributed by atoms with Crippen molar-refractivity contribution in [2.24, 2.45) is 0 Å². The van der Waals surface area contributed by atoms with Crippen LogP contribution in [0, 0.1) is 11.6 Å². The van der Waals surface area contributed by atoms with E-state index in [0.717, 1.165) is 6.07 Å². The molecule has 0 spiro atoms. The van der Waals surface area contributed by atoms with Gasteiger partial charge in [-0.3, -0.25) is 9.36 Å². The van der Waals surface area contributed by atoms with Crippen molar-refractivity contribution in [2.45, 2.75) is 12.5 Å². The van der Waals surface area contributed by atoms with Crippen LogP contribution in [0.2, 0.25) is 5.02 Å². The van der Waals surface area contributed by atoms with Crippen molar-refractivity contribution < 1.29 is 13.9 Å². The van der Waals surface area contributed by atoms with Crippen LogP contribution in [-0.2, 0) is 6.42 Å². The molecule has 1 N–H and O–H groups in total. The highest BCUT2D eigenvalue weighted by Crippen LogP contribution is 2.25. The van der Waals surface area contributed by atoms with Gasteiger partial charge in [0.2, 0.25) is 0 Å². The van der Waals surface area contributed by atoms with Gasteiger partial charge < -0.3 is 5.11 Å². The lowest BCUT2D eigenvalue weighted by atomic mass is 10.1. The van der Waals surface area contributed by atoms with E-state index in [0.29, 0.717) is 5.69 Å². The lowest BCUT2D eigenvalue weighted by Crippen LogP contribution is -2.25. The summed E-state index contributed by atoms with van der Waals surface area (Å²) < 4.78 is 29.0. The van der Waals surface area contributed by atoms with Gasteiger partial charge in [-0.2, -0.15) is 0 Å². The van der Waals surface area contributed by atoms with Gasteiger partial charge in [-0.05, 0) is 36.4 Å². The molecule has 0 amide bonds. The van der Waals surface area contributed by atoms with E-state index >= 15 is 0 Å². The molecule has 0 aliphatic rings. The largest absolute Gasteiger partial charge is 0.388 e. The number of aliphatic hydroxyl groups is 1. The topological polar surface area (TPSA) is 55.1 Å². The zero-order chi connectivity index (χ0) is 20.5. The zero-order valence-corrected chi connectivity index (χ0v) is 15.8. The Morgan fingerprint density at radius 1 is 1.03 bits per heavy atom. The van der Waals surface area contributed by atoms with Crippen molar-refractivity contribution in [1.82, 2.24) is 9.55 Å². The van der Waals surface area contributed by atoms with Crippen LogP contribution >= 0.6 is 11.6 Å². The second-order valence-electron chi connectivity index (χ2n) is 6.52. The number of aromatic nitrogens is 2. The third-order valence-electron chi connectivity index (χ3n) is 4.63. The van der Waals surface area contributed by atoms with Crippen molar-refractivity contribution in [2.75, 3.05) is 0 Å². The van der Waals surface area contributed by atoms with Gasteiger partial charge in [0.1, 0.15) is 17.5 Å². The van der Waals surface area contributed by atoms with Crippen molar-refractivity contribution in [1.29, 1.82) is 0 Å².